The van der Waals surface area contributed by atoms with E-state index in [9.17, 15) is 19.5 Å². The van der Waals surface area contributed by atoms with E-state index in [0.29, 0.717) is 0 Å². The Bertz CT molecular complexity index is 1050. The van der Waals surface area contributed by atoms with Gasteiger partial charge >= 0.3 is 12.1 Å². The smallest absolute Gasteiger partial charge is 0.407 e. The van der Waals surface area contributed by atoms with Gasteiger partial charge in [-0.3, -0.25) is 9.59 Å². The fourth-order valence-electron chi connectivity index (χ4n) is 5.33. The normalized spacial score (nSPS) is 19.7. The molecule has 0 heterocycles. The van der Waals surface area contributed by atoms with Crippen molar-refractivity contribution in [2.24, 2.45) is 5.92 Å². The number of aliphatic carboxylic acids is 1. The molecule has 3 atom stereocenters. The molecule has 1 saturated carbocycles. The van der Waals surface area contributed by atoms with E-state index in [1.165, 1.54) is 0 Å². The molecule has 2 aromatic rings. The van der Waals surface area contributed by atoms with Crippen molar-refractivity contribution < 1.29 is 24.2 Å². The van der Waals surface area contributed by atoms with E-state index in [-0.39, 0.29) is 43.2 Å². The molecule has 0 aromatic heterocycles. The van der Waals surface area contributed by atoms with E-state index in [4.69, 9.17) is 4.74 Å². The third-order valence-electron chi connectivity index (χ3n) is 7.03. The molecule has 1 unspecified atom stereocenters. The molecule has 7 heteroatoms. The van der Waals surface area contributed by atoms with Crippen LogP contribution in [-0.2, 0) is 14.3 Å². The predicted octanol–water partition coefficient (Wildman–Crippen LogP) is 4.62. The number of rotatable bonds is 9. The Kier molecular flexibility index (Phi) is 7.85. The molecule has 35 heavy (non-hydrogen) atoms. The maximum absolute atomic E-state index is 13.0. The predicted molar refractivity (Wildman–Crippen MR) is 133 cm³/mol. The highest BCUT2D eigenvalue weighted by atomic mass is 16.5. The SMILES string of the molecule is C=CCC(NC(=O)OCC1c2ccccc2-c2ccccc21)C(=O)N[C@H]1CCCC[C@H]1CC(=O)O. The molecule has 0 spiro atoms. The average molecular weight is 477 g/mol. The van der Waals surface area contributed by atoms with Gasteiger partial charge in [0.2, 0.25) is 5.91 Å². The summed E-state index contributed by atoms with van der Waals surface area (Å²) in [5.41, 5.74) is 4.51. The molecule has 3 N–H and O–H groups in total. The summed E-state index contributed by atoms with van der Waals surface area (Å²) >= 11 is 0. The Labute approximate surface area is 205 Å². The number of amides is 2. The van der Waals surface area contributed by atoms with Gasteiger partial charge in [-0.2, -0.15) is 0 Å². The number of fused-ring (bicyclic) bond motifs is 3. The van der Waals surface area contributed by atoms with E-state index in [2.05, 4.69) is 29.3 Å². The summed E-state index contributed by atoms with van der Waals surface area (Å²) in [6.45, 7) is 3.86. The number of carbonyl (C=O) groups excluding carboxylic acids is 2. The largest absolute Gasteiger partial charge is 0.481 e. The zero-order chi connectivity index (χ0) is 24.8. The third kappa shape index (κ3) is 5.73. The first-order chi connectivity index (χ1) is 17.0. The Hall–Kier alpha value is -3.61. The molecular formula is C28H32N2O5. The Morgan fingerprint density at radius 2 is 1.66 bits per heavy atom. The maximum Gasteiger partial charge on any atom is 0.407 e. The van der Waals surface area contributed by atoms with Gasteiger partial charge in [-0.15, -0.1) is 6.58 Å². The van der Waals surface area contributed by atoms with Crippen LogP contribution < -0.4 is 10.6 Å². The number of carboxylic acids is 1. The minimum atomic E-state index is -0.865. The van der Waals surface area contributed by atoms with Gasteiger partial charge in [0.05, 0.1) is 6.42 Å². The summed E-state index contributed by atoms with van der Waals surface area (Å²) in [7, 11) is 0. The van der Waals surface area contributed by atoms with Crippen LogP contribution in [0.15, 0.2) is 61.2 Å². The lowest BCUT2D eigenvalue weighted by molar-refractivity contribution is -0.139. The summed E-state index contributed by atoms with van der Waals surface area (Å²) in [5.74, 6) is -1.39. The standard InChI is InChI=1S/C28H32N2O5/c1-2-9-25(27(33)29-24-15-8-3-10-18(24)16-26(31)32)30-28(34)35-17-23-21-13-6-4-11-19(21)20-12-5-7-14-22(20)23/h2,4-7,11-14,18,23-25H,1,3,8-10,15-17H2,(H,29,33)(H,30,34)(H,31,32)/t18-,24-,25?/m0/s1. The molecule has 0 bridgehead atoms. The second-order valence-electron chi connectivity index (χ2n) is 9.30. The monoisotopic (exact) mass is 476 g/mol. The van der Waals surface area contributed by atoms with Crippen LogP contribution in [0.1, 0.15) is 55.6 Å². The van der Waals surface area contributed by atoms with Crippen LogP contribution in [0.25, 0.3) is 11.1 Å². The minimum Gasteiger partial charge on any atom is -0.481 e. The number of carboxylic acid groups (broad SMARTS) is 1. The van der Waals surface area contributed by atoms with Crippen molar-refractivity contribution >= 4 is 18.0 Å². The van der Waals surface area contributed by atoms with Crippen molar-refractivity contribution in [1.29, 1.82) is 0 Å². The maximum atomic E-state index is 13.0. The highest BCUT2D eigenvalue weighted by Crippen LogP contribution is 2.44. The lowest BCUT2D eigenvalue weighted by Gasteiger charge is -2.32. The molecule has 2 aliphatic rings. The van der Waals surface area contributed by atoms with Gasteiger partial charge in [0.25, 0.3) is 0 Å². The second kappa shape index (κ2) is 11.2. The van der Waals surface area contributed by atoms with Crippen molar-refractivity contribution in [2.75, 3.05) is 6.61 Å². The molecule has 184 valence electrons. The molecule has 1 fully saturated rings. The van der Waals surface area contributed by atoms with Crippen molar-refractivity contribution in [3.05, 3.63) is 72.3 Å². The number of hydrogen-bond donors (Lipinski definition) is 3. The number of nitrogens with one attached hydrogen (secondary N) is 2. The van der Waals surface area contributed by atoms with E-state index < -0.39 is 18.1 Å². The first kappa shape index (κ1) is 24.5. The number of carbonyl (C=O) groups is 3. The number of hydrogen-bond acceptors (Lipinski definition) is 4. The summed E-state index contributed by atoms with van der Waals surface area (Å²) in [6, 6.07) is 15.1. The van der Waals surface area contributed by atoms with Crippen molar-refractivity contribution in [3.8, 4) is 11.1 Å². The average Bonchev–Trinajstić information content (AvgIpc) is 3.17. The van der Waals surface area contributed by atoms with Crippen LogP contribution in [0.4, 0.5) is 4.79 Å². The number of ether oxygens (including phenoxy) is 1. The van der Waals surface area contributed by atoms with Crippen molar-refractivity contribution in [3.63, 3.8) is 0 Å². The molecular weight excluding hydrogens is 444 g/mol. The topological polar surface area (TPSA) is 105 Å². The summed E-state index contributed by atoms with van der Waals surface area (Å²) in [4.78, 5) is 36.9. The molecule has 2 aliphatic carbocycles. The Morgan fingerprint density at radius 3 is 2.29 bits per heavy atom. The van der Waals surface area contributed by atoms with Crippen LogP contribution >= 0.6 is 0 Å². The van der Waals surface area contributed by atoms with Gasteiger partial charge in [-0.25, -0.2) is 4.79 Å². The van der Waals surface area contributed by atoms with Crippen LogP contribution in [0.2, 0.25) is 0 Å². The molecule has 7 nitrogen and oxygen atoms in total. The summed E-state index contributed by atoms with van der Waals surface area (Å²) < 4.78 is 5.59. The van der Waals surface area contributed by atoms with Crippen molar-refractivity contribution in [1.82, 2.24) is 10.6 Å². The molecule has 4 rings (SSSR count). The number of alkyl carbamates (subject to hydrolysis) is 1. The Morgan fingerprint density at radius 1 is 1.03 bits per heavy atom. The van der Waals surface area contributed by atoms with E-state index >= 15 is 0 Å². The highest BCUT2D eigenvalue weighted by Gasteiger charge is 2.32. The van der Waals surface area contributed by atoms with Gasteiger partial charge in [0, 0.05) is 12.0 Å². The van der Waals surface area contributed by atoms with Crippen LogP contribution in [0.3, 0.4) is 0 Å². The number of benzene rings is 2. The first-order valence-corrected chi connectivity index (χ1v) is 12.2. The summed E-state index contributed by atoms with van der Waals surface area (Å²) in [5, 5.41) is 14.8. The van der Waals surface area contributed by atoms with Crippen molar-refractivity contribution in [2.45, 2.75) is 56.5 Å². The van der Waals surface area contributed by atoms with Gasteiger partial charge in [0.15, 0.2) is 0 Å². The third-order valence-corrected chi connectivity index (χ3v) is 7.03. The van der Waals surface area contributed by atoms with Crippen LogP contribution in [0.5, 0.6) is 0 Å². The van der Waals surface area contributed by atoms with Gasteiger partial charge in [-0.1, -0.05) is 67.4 Å². The minimum absolute atomic E-state index is 0.0247. The van der Waals surface area contributed by atoms with Gasteiger partial charge in [-0.05, 0) is 47.4 Å². The molecule has 0 aliphatic heterocycles. The summed E-state index contributed by atoms with van der Waals surface area (Å²) in [6.07, 6.45) is 4.57. The first-order valence-electron chi connectivity index (χ1n) is 12.2. The molecule has 0 radical (unpaired) electrons. The highest BCUT2D eigenvalue weighted by molar-refractivity contribution is 5.86. The van der Waals surface area contributed by atoms with Crippen LogP contribution in [-0.4, -0.2) is 41.8 Å². The van der Waals surface area contributed by atoms with Gasteiger partial charge < -0.3 is 20.5 Å². The zero-order valence-electron chi connectivity index (χ0n) is 19.7. The second-order valence-corrected chi connectivity index (χ2v) is 9.30. The Balaban J connectivity index is 1.37. The van der Waals surface area contributed by atoms with E-state index in [1.54, 1.807) is 6.08 Å². The quantitative estimate of drug-likeness (QED) is 0.458. The van der Waals surface area contributed by atoms with Crippen LogP contribution in [0, 0.1) is 5.92 Å². The fraction of sp³-hybridized carbons (Fsp3) is 0.393. The molecule has 2 amide bonds. The molecule has 2 aromatic carbocycles. The lowest BCUT2D eigenvalue weighted by atomic mass is 9.82. The molecule has 0 saturated heterocycles. The van der Waals surface area contributed by atoms with E-state index in [0.717, 1.165) is 47.9 Å². The van der Waals surface area contributed by atoms with E-state index in [1.807, 2.05) is 36.4 Å². The zero-order valence-corrected chi connectivity index (χ0v) is 19.7. The lowest BCUT2D eigenvalue weighted by Crippen LogP contribution is -2.52. The van der Waals surface area contributed by atoms with Gasteiger partial charge in [0.1, 0.15) is 12.6 Å². The fourth-order valence-corrected chi connectivity index (χ4v) is 5.33.